The van der Waals surface area contributed by atoms with Crippen molar-refractivity contribution in [2.75, 3.05) is 25.5 Å². The Kier molecular flexibility index (Phi) is 5.22. The van der Waals surface area contributed by atoms with Gasteiger partial charge < -0.3 is 15.8 Å². The van der Waals surface area contributed by atoms with E-state index in [1.54, 1.807) is 6.07 Å². The highest BCUT2D eigenvalue weighted by Crippen LogP contribution is 2.25. The van der Waals surface area contributed by atoms with Gasteiger partial charge in [0, 0.05) is 12.6 Å². The maximum absolute atomic E-state index is 13.0. The second-order valence-electron chi connectivity index (χ2n) is 4.47. The highest BCUT2D eigenvalue weighted by Gasteiger charge is 2.12. The van der Waals surface area contributed by atoms with Crippen LogP contribution < -0.4 is 15.8 Å². The Hall–Kier alpha value is -1.29. The molecule has 1 atom stereocenters. The summed E-state index contributed by atoms with van der Waals surface area (Å²) in [5.41, 5.74) is 6.50. The van der Waals surface area contributed by atoms with Gasteiger partial charge in [0.05, 0.1) is 12.8 Å². The van der Waals surface area contributed by atoms with Crippen LogP contribution in [0.2, 0.25) is 0 Å². The van der Waals surface area contributed by atoms with Crippen molar-refractivity contribution in [2.24, 2.45) is 17.6 Å². The van der Waals surface area contributed by atoms with Gasteiger partial charge >= 0.3 is 0 Å². The van der Waals surface area contributed by atoms with E-state index in [-0.39, 0.29) is 5.82 Å². The lowest BCUT2D eigenvalue weighted by molar-refractivity contribution is 0.404. The zero-order chi connectivity index (χ0) is 12.8. The summed E-state index contributed by atoms with van der Waals surface area (Å²) in [6.45, 7) is 5.67. The van der Waals surface area contributed by atoms with Gasteiger partial charge in [0.2, 0.25) is 0 Å². The molecule has 0 radical (unpaired) electrons. The van der Waals surface area contributed by atoms with E-state index in [0.29, 0.717) is 24.1 Å². The smallest absolute Gasteiger partial charge is 0.144 e. The van der Waals surface area contributed by atoms with Crippen LogP contribution in [0.3, 0.4) is 0 Å². The van der Waals surface area contributed by atoms with E-state index in [4.69, 9.17) is 10.5 Å². The number of halogens is 1. The number of benzene rings is 1. The fourth-order valence-electron chi connectivity index (χ4n) is 1.64. The summed E-state index contributed by atoms with van der Waals surface area (Å²) in [5.74, 6) is 1.12. The lowest BCUT2D eigenvalue weighted by Gasteiger charge is -2.20. The molecule has 1 rings (SSSR count). The summed E-state index contributed by atoms with van der Waals surface area (Å²) in [5, 5.41) is 3.25. The Balaban J connectivity index is 2.68. The van der Waals surface area contributed by atoms with E-state index < -0.39 is 0 Å². The van der Waals surface area contributed by atoms with E-state index >= 15 is 0 Å². The lowest BCUT2D eigenvalue weighted by atomic mass is 9.96. The molecule has 0 fully saturated rings. The van der Waals surface area contributed by atoms with Gasteiger partial charge in [0.1, 0.15) is 11.6 Å². The molecule has 0 heterocycles. The van der Waals surface area contributed by atoms with E-state index in [2.05, 4.69) is 19.2 Å². The van der Waals surface area contributed by atoms with Gasteiger partial charge in [0.25, 0.3) is 0 Å². The van der Waals surface area contributed by atoms with Crippen molar-refractivity contribution >= 4 is 5.69 Å². The fourth-order valence-corrected chi connectivity index (χ4v) is 1.64. The number of hydrogen-bond acceptors (Lipinski definition) is 3. The Morgan fingerprint density at radius 1 is 1.41 bits per heavy atom. The number of hydrogen-bond donors (Lipinski definition) is 2. The number of rotatable bonds is 6. The molecule has 0 aromatic heterocycles. The molecule has 1 aromatic carbocycles. The SMILES string of the molecule is COc1cc(F)ccc1NCC(CN)C(C)C. The Morgan fingerprint density at radius 2 is 2.12 bits per heavy atom. The highest BCUT2D eigenvalue weighted by molar-refractivity contribution is 5.56. The van der Waals surface area contributed by atoms with Gasteiger partial charge in [-0.1, -0.05) is 13.8 Å². The molecule has 3 N–H and O–H groups in total. The number of methoxy groups -OCH3 is 1. The number of anilines is 1. The fraction of sp³-hybridized carbons (Fsp3) is 0.538. The normalized spacial score (nSPS) is 12.6. The molecular weight excluding hydrogens is 219 g/mol. The molecular formula is C13H21FN2O. The van der Waals surface area contributed by atoms with Crippen LogP contribution in [0.5, 0.6) is 5.75 Å². The predicted molar refractivity (Wildman–Crippen MR) is 68.8 cm³/mol. The van der Waals surface area contributed by atoms with Crippen molar-refractivity contribution in [2.45, 2.75) is 13.8 Å². The van der Waals surface area contributed by atoms with Crippen LogP contribution in [0.25, 0.3) is 0 Å². The molecule has 0 aliphatic rings. The van der Waals surface area contributed by atoms with Crippen molar-refractivity contribution in [1.82, 2.24) is 0 Å². The van der Waals surface area contributed by atoms with E-state index in [1.165, 1.54) is 19.2 Å². The first-order chi connectivity index (χ1) is 8.08. The third-order valence-corrected chi connectivity index (χ3v) is 2.96. The lowest BCUT2D eigenvalue weighted by Crippen LogP contribution is -2.27. The molecule has 0 amide bonds. The molecule has 0 aliphatic heterocycles. The van der Waals surface area contributed by atoms with Crippen LogP contribution in [-0.4, -0.2) is 20.2 Å². The number of nitrogens with two attached hydrogens (primary N) is 1. The van der Waals surface area contributed by atoms with Crippen LogP contribution in [0.15, 0.2) is 18.2 Å². The van der Waals surface area contributed by atoms with Crippen molar-refractivity contribution in [3.63, 3.8) is 0 Å². The zero-order valence-corrected chi connectivity index (χ0v) is 10.7. The molecule has 3 nitrogen and oxygen atoms in total. The summed E-state index contributed by atoms with van der Waals surface area (Å²) in [4.78, 5) is 0. The maximum atomic E-state index is 13.0. The maximum Gasteiger partial charge on any atom is 0.144 e. The minimum absolute atomic E-state index is 0.299. The first-order valence-electron chi connectivity index (χ1n) is 5.86. The molecule has 0 saturated heterocycles. The average molecular weight is 240 g/mol. The standard InChI is InChI=1S/C13H21FN2O/c1-9(2)10(7-15)8-16-12-5-4-11(14)6-13(12)17-3/h4-6,9-10,16H,7-8,15H2,1-3H3. The molecule has 0 bridgehead atoms. The van der Waals surface area contributed by atoms with E-state index in [0.717, 1.165) is 12.2 Å². The van der Waals surface area contributed by atoms with Gasteiger partial charge in [-0.3, -0.25) is 0 Å². The van der Waals surface area contributed by atoms with E-state index in [1.807, 2.05) is 0 Å². The Bertz CT molecular complexity index is 355. The Morgan fingerprint density at radius 3 is 2.65 bits per heavy atom. The minimum atomic E-state index is -0.299. The van der Waals surface area contributed by atoms with Crippen LogP contribution >= 0.6 is 0 Å². The summed E-state index contributed by atoms with van der Waals surface area (Å²) in [6, 6.07) is 4.47. The summed E-state index contributed by atoms with van der Waals surface area (Å²) in [7, 11) is 1.53. The van der Waals surface area contributed by atoms with Crippen LogP contribution in [0.4, 0.5) is 10.1 Å². The third kappa shape index (κ3) is 3.89. The van der Waals surface area contributed by atoms with Crippen molar-refractivity contribution in [3.05, 3.63) is 24.0 Å². The second kappa shape index (κ2) is 6.45. The van der Waals surface area contributed by atoms with Crippen molar-refractivity contribution in [3.8, 4) is 5.75 Å². The van der Waals surface area contributed by atoms with Gasteiger partial charge in [-0.15, -0.1) is 0 Å². The average Bonchev–Trinajstić information content (AvgIpc) is 2.31. The van der Waals surface area contributed by atoms with Crippen LogP contribution in [0, 0.1) is 17.7 Å². The van der Waals surface area contributed by atoms with Crippen LogP contribution in [0.1, 0.15) is 13.8 Å². The molecule has 1 aromatic rings. The topological polar surface area (TPSA) is 47.3 Å². The van der Waals surface area contributed by atoms with Crippen molar-refractivity contribution < 1.29 is 9.13 Å². The Labute approximate surface area is 102 Å². The monoisotopic (exact) mass is 240 g/mol. The molecule has 0 saturated carbocycles. The minimum Gasteiger partial charge on any atom is -0.494 e. The van der Waals surface area contributed by atoms with E-state index in [9.17, 15) is 4.39 Å². The quantitative estimate of drug-likeness (QED) is 0.803. The molecule has 4 heteroatoms. The third-order valence-electron chi connectivity index (χ3n) is 2.96. The number of ether oxygens (including phenoxy) is 1. The molecule has 1 unspecified atom stereocenters. The first kappa shape index (κ1) is 13.8. The van der Waals surface area contributed by atoms with Crippen molar-refractivity contribution in [1.29, 1.82) is 0 Å². The van der Waals surface area contributed by atoms with Gasteiger partial charge in [-0.25, -0.2) is 4.39 Å². The largest absolute Gasteiger partial charge is 0.494 e. The summed E-state index contributed by atoms with van der Waals surface area (Å²) < 4.78 is 18.1. The number of nitrogens with one attached hydrogen (secondary N) is 1. The molecule has 0 spiro atoms. The van der Waals surface area contributed by atoms with Gasteiger partial charge in [0.15, 0.2) is 0 Å². The van der Waals surface area contributed by atoms with Crippen LogP contribution in [-0.2, 0) is 0 Å². The zero-order valence-electron chi connectivity index (χ0n) is 10.7. The molecule has 17 heavy (non-hydrogen) atoms. The highest BCUT2D eigenvalue weighted by atomic mass is 19.1. The molecule has 96 valence electrons. The predicted octanol–water partition coefficient (Wildman–Crippen LogP) is 2.48. The summed E-state index contributed by atoms with van der Waals surface area (Å²) in [6.07, 6.45) is 0. The summed E-state index contributed by atoms with van der Waals surface area (Å²) >= 11 is 0. The second-order valence-corrected chi connectivity index (χ2v) is 4.47. The molecule has 0 aliphatic carbocycles. The van der Waals surface area contributed by atoms with Gasteiger partial charge in [-0.2, -0.15) is 0 Å². The first-order valence-corrected chi connectivity index (χ1v) is 5.86. The van der Waals surface area contributed by atoms with Gasteiger partial charge in [-0.05, 0) is 30.5 Å².